The zero-order valence-electron chi connectivity index (χ0n) is 23.8. The van der Waals surface area contributed by atoms with Crippen LogP contribution in [-0.2, 0) is 66.5 Å². The van der Waals surface area contributed by atoms with Crippen LogP contribution in [0.4, 0.5) is 0 Å². The second-order valence-corrected chi connectivity index (χ2v) is 11.2. The van der Waals surface area contributed by atoms with Gasteiger partial charge in [-0.2, -0.15) is 11.8 Å². The molecule has 3 aliphatic heterocycles. The predicted octanol–water partition coefficient (Wildman–Crippen LogP) is 0.709. The van der Waals surface area contributed by atoms with E-state index in [2.05, 4.69) is 0 Å². The van der Waals surface area contributed by atoms with E-state index in [1.165, 1.54) is 21.1 Å². The molecule has 0 bridgehead atoms. The Hall–Kier alpha value is -2.01. The van der Waals surface area contributed by atoms with Crippen molar-refractivity contribution in [1.29, 1.82) is 0 Å². The summed E-state index contributed by atoms with van der Waals surface area (Å²) in [6.07, 6.45) is -9.42. The zero-order valence-corrected chi connectivity index (χ0v) is 24.6. The maximum Gasteiger partial charge on any atom is 0.303 e. The topological polar surface area (TPSA) is 161 Å². The minimum Gasteiger partial charge on any atom is -0.463 e. The smallest absolute Gasteiger partial charge is 0.303 e. The van der Waals surface area contributed by atoms with Crippen LogP contribution in [0.1, 0.15) is 41.5 Å². The maximum atomic E-state index is 12.2. The Morgan fingerprint density at radius 3 is 1.85 bits per heavy atom. The van der Waals surface area contributed by atoms with Crippen molar-refractivity contribution in [2.75, 3.05) is 26.6 Å². The Bertz CT molecular complexity index is 919. The van der Waals surface area contributed by atoms with Crippen molar-refractivity contribution in [3.8, 4) is 0 Å². The van der Waals surface area contributed by atoms with Crippen LogP contribution in [0, 0.1) is 0 Å². The van der Waals surface area contributed by atoms with Crippen molar-refractivity contribution in [2.24, 2.45) is 0 Å². The van der Waals surface area contributed by atoms with Crippen LogP contribution in [0.25, 0.3) is 0 Å². The molecule has 0 aromatic carbocycles. The molecule has 0 amide bonds. The number of rotatable bonds is 12. The molecule has 3 aliphatic rings. The van der Waals surface area contributed by atoms with Gasteiger partial charge in [0.15, 0.2) is 36.7 Å². The van der Waals surface area contributed by atoms with Crippen LogP contribution in [0.3, 0.4) is 0 Å². The van der Waals surface area contributed by atoms with Gasteiger partial charge in [0.05, 0.1) is 0 Å². The fraction of sp³-hybridized carbons (Fsp3) is 0.840. The average molecular weight is 595 g/mol. The Balaban J connectivity index is 2.00. The fourth-order valence-electron chi connectivity index (χ4n) is 4.72. The van der Waals surface area contributed by atoms with E-state index < -0.39 is 85.0 Å². The van der Waals surface area contributed by atoms with E-state index in [-0.39, 0.29) is 11.9 Å². The lowest BCUT2D eigenvalue weighted by Gasteiger charge is -2.45. The van der Waals surface area contributed by atoms with Gasteiger partial charge in [-0.05, 0) is 13.8 Å². The van der Waals surface area contributed by atoms with Crippen LogP contribution in [0.2, 0.25) is 0 Å². The fourth-order valence-corrected chi connectivity index (χ4v) is 5.43. The molecule has 0 N–H and O–H groups in total. The SMILES string of the molecule is COC(OC)[C@@H]1OC(C)(C)O[C@H]1[C@H](O[C@H]1O[C@H](COC(C)=O)[C@@H](OC(C)=O)[C@H](OC(C)=O)[C@H]1OC(C)=O)[C@H]1CS1. The molecule has 3 rings (SSSR count). The van der Waals surface area contributed by atoms with E-state index in [0.29, 0.717) is 0 Å². The first kappa shape index (κ1) is 32.5. The molecule has 0 aromatic rings. The number of esters is 4. The maximum absolute atomic E-state index is 12.2. The molecule has 228 valence electrons. The number of carbonyl (C=O) groups excluding carboxylic acids is 4. The highest BCUT2D eigenvalue weighted by Gasteiger charge is 2.58. The molecule has 3 heterocycles. The molecule has 0 radical (unpaired) electrons. The first-order chi connectivity index (χ1) is 18.8. The van der Waals surface area contributed by atoms with Crippen LogP contribution in [-0.4, -0.2) is 117 Å². The summed E-state index contributed by atoms with van der Waals surface area (Å²) in [7, 11) is 2.95. The molecule has 9 atom stereocenters. The number of carbonyl (C=O) groups is 4. The minimum atomic E-state index is -1.36. The second kappa shape index (κ2) is 13.8. The molecular weight excluding hydrogens is 556 g/mol. The van der Waals surface area contributed by atoms with Crippen molar-refractivity contribution in [1.82, 2.24) is 0 Å². The summed E-state index contributed by atoms with van der Waals surface area (Å²) < 4.78 is 57.4. The molecule has 40 heavy (non-hydrogen) atoms. The van der Waals surface area contributed by atoms with Crippen LogP contribution in [0.15, 0.2) is 0 Å². The number of methoxy groups -OCH3 is 2. The molecule has 0 unspecified atom stereocenters. The summed E-state index contributed by atoms with van der Waals surface area (Å²) >= 11 is 1.60. The Labute approximate surface area is 236 Å². The monoisotopic (exact) mass is 594 g/mol. The van der Waals surface area contributed by atoms with Gasteiger partial charge < -0.3 is 47.4 Å². The Kier molecular flexibility index (Phi) is 11.2. The molecule has 0 spiro atoms. The second-order valence-electron chi connectivity index (χ2n) is 9.94. The van der Waals surface area contributed by atoms with Gasteiger partial charge >= 0.3 is 23.9 Å². The van der Waals surface area contributed by atoms with E-state index >= 15 is 0 Å². The van der Waals surface area contributed by atoms with E-state index in [1.54, 1.807) is 25.6 Å². The van der Waals surface area contributed by atoms with Crippen LogP contribution < -0.4 is 0 Å². The molecule has 0 aromatic heterocycles. The van der Waals surface area contributed by atoms with Crippen molar-refractivity contribution >= 4 is 35.6 Å². The Morgan fingerprint density at radius 2 is 1.35 bits per heavy atom. The number of thioether (sulfide) groups is 1. The molecule has 14 nitrogen and oxygen atoms in total. The van der Waals surface area contributed by atoms with Gasteiger partial charge in [0.1, 0.15) is 31.0 Å². The highest BCUT2D eigenvalue weighted by molar-refractivity contribution is 8.06. The third-order valence-corrected chi connectivity index (χ3v) is 7.17. The van der Waals surface area contributed by atoms with Gasteiger partial charge in [0.25, 0.3) is 0 Å². The van der Waals surface area contributed by atoms with Gasteiger partial charge in [-0.25, -0.2) is 0 Å². The largest absolute Gasteiger partial charge is 0.463 e. The zero-order chi connectivity index (χ0) is 29.8. The van der Waals surface area contributed by atoms with Crippen molar-refractivity contribution in [3.05, 3.63) is 0 Å². The molecule has 15 heteroatoms. The van der Waals surface area contributed by atoms with Crippen molar-refractivity contribution in [3.63, 3.8) is 0 Å². The first-order valence-electron chi connectivity index (χ1n) is 12.7. The molecule has 3 fully saturated rings. The molecular formula is C25H38O14S. The van der Waals surface area contributed by atoms with Gasteiger partial charge in [-0.15, -0.1) is 0 Å². The van der Waals surface area contributed by atoms with Crippen molar-refractivity contribution in [2.45, 2.75) is 108 Å². The summed E-state index contributed by atoms with van der Waals surface area (Å²) in [6, 6.07) is 0. The van der Waals surface area contributed by atoms with E-state index in [9.17, 15) is 19.2 Å². The highest BCUT2D eigenvalue weighted by atomic mass is 32.2. The van der Waals surface area contributed by atoms with E-state index in [4.69, 9.17) is 47.4 Å². The summed E-state index contributed by atoms with van der Waals surface area (Å²) in [6.45, 7) is 7.79. The van der Waals surface area contributed by atoms with Crippen molar-refractivity contribution < 1.29 is 66.5 Å². The standard InChI is InChI=1S/C25H38O14S/c1-11(26)32-9-15-17(33-12(2)27)19(34-13(3)28)21(35-14(4)29)24(36-15)37-18(16-10-40-16)20-22(23(30-7)31-8)39-25(5,6)38-20/h15-24H,9-10H2,1-8H3/t15-,16-,17-,18-,19+,20+,21-,22-,24-/m1/s1. The van der Waals surface area contributed by atoms with Gasteiger partial charge in [0.2, 0.25) is 0 Å². The quantitative estimate of drug-likeness (QED) is 0.134. The summed E-state index contributed by atoms with van der Waals surface area (Å²) in [4.78, 5) is 47.9. The normalized spacial score (nSPS) is 33.6. The summed E-state index contributed by atoms with van der Waals surface area (Å²) in [5.41, 5.74) is 0. The number of ether oxygens (including phenoxy) is 10. The predicted molar refractivity (Wildman–Crippen MR) is 135 cm³/mol. The lowest BCUT2D eigenvalue weighted by Crippen LogP contribution is -2.64. The van der Waals surface area contributed by atoms with Crippen LogP contribution >= 0.6 is 11.8 Å². The molecule has 0 saturated carbocycles. The lowest BCUT2D eigenvalue weighted by atomic mass is 9.97. The van der Waals surface area contributed by atoms with E-state index in [0.717, 1.165) is 26.5 Å². The highest BCUT2D eigenvalue weighted by Crippen LogP contribution is 2.44. The Morgan fingerprint density at radius 1 is 0.825 bits per heavy atom. The average Bonchev–Trinajstić information content (AvgIpc) is 3.63. The van der Waals surface area contributed by atoms with Gasteiger partial charge in [0, 0.05) is 52.9 Å². The minimum absolute atomic E-state index is 0.0637. The third kappa shape index (κ3) is 8.50. The van der Waals surface area contributed by atoms with E-state index in [1.807, 2.05) is 0 Å². The third-order valence-electron chi connectivity index (χ3n) is 6.19. The number of hydrogen-bond acceptors (Lipinski definition) is 15. The molecule has 0 aliphatic carbocycles. The first-order valence-corrected chi connectivity index (χ1v) is 13.8. The summed E-state index contributed by atoms with van der Waals surface area (Å²) in [5.74, 6) is -3.08. The summed E-state index contributed by atoms with van der Waals surface area (Å²) in [5, 5.41) is -0.0637. The number of hydrogen-bond donors (Lipinski definition) is 0. The lowest BCUT2D eigenvalue weighted by molar-refractivity contribution is -0.323. The molecule has 3 saturated heterocycles. The van der Waals surface area contributed by atoms with Gasteiger partial charge in [-0.3, -0.25) is 19.2 Å². The van der Waals surface area contributed by atoms with Crippen LogP contribution in [0.5, 0.6) is 0 Å². The van der Waals surface area contributed by atoms with Gasteiger partial charge in [-0.1, -0.05) is 0 Å².